The molecule has 0 heterocycles. The quantitative estimate of drug-likeness (QED) is 0.645. The van der Waals surface area contributed by atoms with Crippen LogP contribution in [-0.2, 0) is 0 Å². The van der Waals surface area contributed by atoms with Gasteiger partial charge in [0.1, 0.15) is 0 Å². The van der Waals surface area contributed by atoms with E-state index >= 15 is 0 Å². The summed E-state index contributed by atoms with van der Waals surface area (Å²) in [4.78, 5) is 0. The molecule has 2 aromatic rings. The van der Waals surface area contributed by atoms with E-state index in [1.165, 1.54) is 0 Å². The minimum Gasteiger partial charge on any atom is -0.356 e. The van der Waals surface area contributed by atoms with Crippen molar-refractivity contribution < 1.29 is 0 Å². The Morgan fingerprint density at radius 3 is 1.21 bits per heavy atom. The molecule has 0 aliphatic heterocycles. The Kier molecular flexibility index (Phi) is 11.1. The van der Waals surface area contributed by atoms with Gasteiger partial charge in [-0.25, -0.2) is 0 Å². The zero-order valence-corrected chi connectivity index (χ0v) is 12.4. The largest absolute Gasteiger partial charge is 0.356 e. The lowest BCUT2D eigenvalue weighted by Gasteiger charge is -2.04. The van der Waals surface area contributed by atoms with Gasteiger partial charge in [-0.05, 0) is 38.1 Å². The van der Waals surface area contributed by atoms with Crippen LogP contribution in [0.25, 0.3) is 0 Å². The Morgan fingerprint density at radius 1 is 0.632 bits per heavy atom. The third-order valence-electron chi connectivity index (χ3n) is 2.17. The summed E-state index contributed by atoms with van der Waals surface area (Å²) in [5, 5.41) is 3.30. The monoisotopic (exact) mass is 255 g/mol. The first kappa shape index (κ1) is 17.0. The minimum absolute atomic E-state index is 1.12. The molecule has 1 heteroatoms. The molecule has 1 nitrogen and oxygen atoms in total. The smallest absolute Gasteiger partial charge is 0.0384 e. The molecule has 0 saturated heterocycles. The Hall–Kier alpha value is -2.02. The molecule has 102 valence electrons. The van der Waals surface area contributed by atoms with Crippen LogP contribution in [0.15, 0.2) is 72.8 Å². The molecule has 1 N–H and O–H groups in total. The second-order valence-corrected chi connectivity index (χ2v) is 3.52. The van der Waals surface area contributed by atoms with Crippen LogP contribution in [0.1, 0.15) is 27.7 Å². The number of para-hydroxylation sites is 2. The molecule has 0 saturated carbocycles. The summed E-state index contributed by atoms with van der Waals surface area (Å²) < 4.78 is 0. The van der Waals surface area contributed by atoms with Gasteiger partial charge >= 0.3 is 0 Å². The Bertz CT molecular complexity index is 376. The number of allylic oxidation sites excluding steroid dienone is 2. The Morgan fingerprint density at radius 2 is 0.947 bits per heavy atom. The summed E-state index contributed by atoms with van der Waals surface area (Å²) in [5.41, 5.74) is 2.24. The summed E-state index contributed by atoms with van der Waals surface area (Å²) in [6.45, 7) is 8.00. The van der Waals surface area contributed by atoms with Crippen molar-refractivity contribution in [2.24, 2.45) is 0 Å². The second kappa shape index (κ2) is 12.4. The molecular weight excluding hydrogens is 230 g/mol. The summed E-state index contributed by atoms with van der Waals surface area (Å²) >= 11 is 0. The highest BCUT2D eigenvalue weighted by Gasteiger charge is 1.89. The predicted octanol–water partition coefficient (Wildman–Crippen LogP) is 6.04. The summed E-state index contributed by atoms with van der Waals surface area (Å²) in [6, 6.07) is 20.3. The first-order valence-corrected chi connectivity index (χ1v) is 6.81. The third-order valence-corrected chi connectivity index (χ3v) is 2.17. The Labute approximate surface area is 118 Å². The molecule has 2 rings (SSSR count). The fourth-order valence-electron chi connectivity index (χ4n) is 1.21. The van der Waals surface area contributed by atoms with E-state index in [0.29, 0.717) is 0 Å². The van der Waals surface area contributed by atoms with Crippen molar-refractivity contribution in [3.05, 3.63) is 72.8 Å². The lowest BCUT2D eigenvalue weighted by atomic mass is 10.3. The van der Waals surface area contributed by atoms with Crippen LogP contribution in [0.5, 0.6) is 0 Å². The van der Waals surface area contributed by atoms with E-state index in [4.69, 9.17) is 0 Å². The van der Waals surface area contributed by atoms with Crippen molar-refractivity contribution in [2.45, 2.75) is 27.7 Å². The molecule has 0 aromatic heterocycles. The van der Waals surface area contributed by atoms with Crippen LogP contribution in [0, 0.1) is 0 Å². The minimum atomic E-state index is 1.12. The van der Waals surface area contributed by atoms with Gasteiger partial charge in [-0.1, -0.05) is 62.4 Å². The van der Waals surface area contributed by atoms with Gasteiger partial charge in [0.05, 0.1) is 0 Å². The van der Waals surface area contributed by atoms with Gasteiger partial charge in [0.2, 0.25) is 0 Å². The summed E-state index contributed by atoms with van der Waals surface area (Å²) in [6.07, 6.45) is 4.00. The number of benzene rings is 2. The normalized spacial score (nSPS) is 8.84. The molecule has 0 unspecified atom stereocenters. The second-order valence-electron chi connectivity index (χ2n) is 3.52. The van der Waals surface area contributed by atoms with Gasteiger partial charge in [0.25, 0.3) is 0 Å². The summed E-state index contributed by atoms with van der Waals surface area (Å²) in [7, 11) is 0. The highest BCUT2D eigenvalue weighted by molar-refractivity contribution is 5.58. The number of nitrogens with one attached hydrogen (secondary N) is 1. The van der Waals surface area contributed by atoms with E-state index < -0.39 is 0 Å². The number of hydrogen-bond acceptors (Lipinski definition) is 1. The fraction of sp³-hybridized carbons (Fsp3) is 0.222. The fourth-order valence-corrected chi connectivity index (χ4v) is 1.21. The topological polar surface area (TPSA) is 12.0 Å². The molecule has 0 bridgehead atoms. The molecule has 0 spiro atoms. The number of anilines is 2. The van der Waals surface area contributed by atoms with E-state index in [0.717, 1.165) is 11.4 Å². The maximum atomic E-state index is 3.30. The first-order chi connectivity index (χ1) is 9.36. The lowest BCUT2D eigenvalue weighted by molar-refractivity contribution is 1.50. The molecule has 0 amide bonds. The van der Waals surface area contributed by atoms with Crippen LogP contribution < -0.4 is 5.32 Å². The van der Waals surface area contributed by atoms with Crippen molar-refractivity contribution in [3.63, 3.8) is 0 Å². The van der Waals surface area contributed by atoms with Gasteiger partial charge < -0.3 is 5.32 Å². The van der Waals surface area contributed by atoms with E-state index in [1.807, 2.05) is 101 Å². The zero-order valence-electron chi connectivity index (χ0n) is 12.4. The van der Waals surface area contributed by atoms with Crippen molar-refractivity contribution >= 4 is 11.4 Å². The van der Waals surface area contributed by atoms with E-state index in [2.05, 4.69) is 5.32 Å². The molecule has 0 radical (unpaired) electrons. The standard InChI is InChI=1S/C12H11N.C4H8.C2H6/c1-3-7-11(8-4-1)13-12-9-5-2-6-10-12;1-3-4-2;1-2/h1-10,13H;3-4H,1-2H3;1-2H3/b;4-3+;. The van der Waals surface area contributed by atoms with E-state index in [-0.39, 0.29) is 0 Å². The van der Waals surface area contributed by atoms with Gasteiger partial charge in [-0.2, -0.15) is 0 Å². The van der Waals surface area contributed by atoms with Crippen molar-refractivity contribution in [3.8, 4) is 0 Å². The van der Waals surface area contributed by atoms with Crippen LogP contribution in [-0.4, -0.2) is 0 Å². The number of rotatable bonds is 2. The molecule has 19 heavy (non-hydrogen) atoms. The molecule has 2 aromatic carbocycles. The van der Waals surface area contributed by atoms with E-state index in [9.17, 15) is 0 Å². The zero-order chi connectivity index (χ0) is 14.3. The van der Waals surface area contributed by atoms with Gasteiger partial charge in [-0.3, -0.25) is 0 Å². The van der Waals surface area contributed by atoms with Crippen LogP contribution in [0.4, 0.5) is 11.4 Å². The average molecular weight is 255 g/mol. The highest BCUT2D eigenvalue weighted by Crippen LogP contribution is 2.14. The van der Waals surface area contributed by atoms with Crippen LogP contribution >= 0.6 is 0 Å². The molecule has 0 aliphatic carbocycles. The first-order valence-electron chi connectivity index (χ1n) is 6.81. The lowest BCUT2D eigenvalue weighted by Crippen LogP contribution is -1.87. The maximum absolute atomic E-state index is 3.30. The number of hydrogen-bond donors (Lipinski definition) is 1. The van der Waals surface area contributed by atoms with Crippen molar-refractivity contribution in [1.82, 2.24) is 0 Å². The van der Waals surface area contributed by atoms with Crippen LogP contribution in [0.3, 0.4) is 0 Å². The molecule has 0 atom stereocenters. The average Bonchev–Trinajstić information content (AvgIpc) is 2.52. The maximum Gasteiger partial charge on any atom is 0.0384 e. The van der Waals surface area contributed by atoms with Gasteiger partial charge in [-0.15, -0.1) is 0 Å². The highest BCUT2D eigenvalue weighted by atomic mass is 14.9. The molecular formula is C18H25N. The molecule has 0 fully saturated rings. The van der Waals surface area contributed by atoms with Crippen molar-refractivity contribution in [2.75, 3.05) is 5.32 Å². The van der Waals surface area contributed by atoms with Crippen molar-refractivity contribution in [1.29, 1.82) is 0 Å². The summed E-state index contributed by atoms with van der Waals surface area (Å²) in [5.74, 6) is 0. The van der Waals surface area contributed by atoms with Crippen LogP contribution in [0.2, 0.25) is 0 Å². The third kappa shape index (κ3) is 8.67. The molecule has 0 aliphatic rings. The van der Waals surface area contributed by atoms with E-state index in [1.54, 1.807) is 0 Å². The predicted molar refractivity (Wildman–Crippen MR) is 88.0 cm³/mol. The Balaban J connectivity index is 0.000000467. The van der Waals surface area contributed by atoms with Gasteiger partial charge in [0.15, 0.2) is 0 Å². The SMILES string of the molecule is C/C=C/C.CC.c1ccc(Nc2ccccc2)cc1. The van der Waals surface area contributed by atoms with Gasteiger partial charge in [0, 0.05) is 11.4 Å².